The Hall–Kier alpha value is -1.35. The molecule has 1 saturated heterocycles. The second-order valence-corrected chi connectivity index (χ2v) is 5.03. The molecule has 0 bridgehead atoms. The van der Waals surface area contributed by atoms with E-state index >= 15 is 0 Å². The summed E-state index contributed by atoms with van der Waals surface area (Å²) in [5.74, 6) is 0.712. The van der Waals surface area contributed by atoms with E-state index in [1.54, 1.807) is 6.92 Å². The number of nitrogens with one attached hydrogen (secondary N) is 1. The highest BCUT2D eigenvalue weighted by atomic mass is 16.1. The van der Waals surface area contributed by atoms with Crippen molar-refractivity contribution in [3.05, 3.63) is 35.9 Å². The van der Waals surface area contributed by atoms with Crippen LogP contribution in [0.2, 0.25) is 0 Å². The SMILES string of the molecule is CC(=O)NCCN1CCCC(c2ccccc2)C1. The minimum Gasteiger partial charge on any atom is -0.355 e. The molecule has 1 aliphatic heterocycles. The smallest absolute Gasteiger partial charge is 0.216 e. The van der Waals surface area contributed by atoms with Crippen molar-refractivity contribution in [3.8, 4) is 0 Å². The number of amides is 1. The number of carbonyl (C=O) groups excluding carboxylic acids is 1. The van der Waals surface area contributed by atoms with Crippen LogP contribution in [0.15, 0.2) is 30.3 Å². The Morgan fingerprint density at radius 2 is 2.17 bits per heavy atom. The molecule has 3 heteroatoms. The minimum atomic E-state index is 0.0617. The van der Waals surface area contributed by atoms with Crippen molar-refractivity contribution in [2.75, 3.05) is 26.2 Å². The third kappa shape index (κ3) is 3.84. The number of hydrogen-bond acceptors (Lipinski definition) is 2. The van der Waals surface area contributed by atoms with E-state index < -0.39 is 0 Å². The predicted molar refractivity (Wildman–Crippen MR) is 73.5 cm³/mol. The molecule has 1 aliphatic rings. The predicted octanol–water partition coefficient (Wildman–Crippen LogP) is 2.00. The molecule has 1 aromatic carbocycles. The van der Waals surface area contributed by atoms with Gasteiger partial charge in [-0.25, -0.2) is 0 Å². The molecule has 1 amide bonds. The number of hydrogen-bond donors (Lipinski definition) is 1. The second kappa shape index (κ2) is 6.55. The van der Waals surface area contributed by atoms with Gasteiger partial charge in [-0.1, -0.05) is 30.3 Å². The van der Waals surface area contributed by atoms with Gasteiger partial charge in [0, 0.05) is 26.6 Å². The average Bonchev–Trinajstić information content (AvgIpc) is 2.40. The number of rotatable bonds is 4. The highest BCUT2D eigenvalue weighted by Crippen LogP contribution is 2.26. The van der Waals surface area contributed by atoms with Crippen LogP contribution in [0.3, 0.4) is 0 Å². The van der Waals surface area contributed by atoms with Gasteiger partial charge < -0.3 is 10.2 Å². The summed E-state index contributed by atoms with van der Waals surface area (Å²) >= 11 is 0. The molecule has 3 nitrogen and oxygen atoms in total. The summed E-state index contributed by atoms with van der Waals surface area (Å²) in [6, 6.07) is 10.8. The van der Waals surface area contributed by atoms with E-state index in [0.717, 1.165) is 26.2 Å². The van der Waals surface area contributed by atoms with Crippen LogP contribution in [0.5, 0.6) is 0 Å². The maximum absolute atomic E-state index is 10.8. The number of piperidine rings is 1. The summed E-state index contributed by atoms with van der Waals surface area (Å²) in [4.78, 5) is 13.3. The van der Waals surface area contributed by atoms with Crippen LogP contribution in [0.4, 0.5) is 0 Å². The second-order valence-electron chi connectivity index (χ2n) is 5.03. The van der Waals surface area contributed by atoms with Gasteiger partial charge in [0.25, 0.3) is 0 Å². The monoisotopic (exact) mass is 246 g/mol. The molecule has 18 heavy (non-hydrogen) atoms. The van der Waals surface area contributed by atoms with E-state index in [9.17, 15) is 4.79 Å². The van der Waals surface area contributed by atoms with E-state index in [-0.39, 0.29) is 5.91 Å². The summed E-state index contributed by atoms with van der Waals surface area (Å²) < 4.78 is 0. The normalized spacial score (nSPS) is 20.6. The summed E-state index contributed by atoms with van der Waals surface area (Å²) in [6.45, 7) is 5.56. The standard InChI is InChI=1S/C15H22N2O/c1-13(18)16-9-11-17-10-5-8-15(12-17)14-6-3-2-4-7-14/h2-4,6-7,15H,5,8-12H2,1H3,(H,16,18). The van der Waals surface area contributed by atoms with Gasteiger partial charge in [0.1, 0.15) is 0 Å². The lowest BCUT2D eigenvalue weighted by Crippen LogP contribution is -2.39. The Kier molecular flexibility index (Phi) is 4.76. The van der Waals surface area contributed by atoms with Crippen LogP contribution >= 0.6 is 0 Å². The summed E-state index contributed by atoms with van der Waals surface area (Å²) in [6.07, 6.45) is 2.53. The van der Waals surface area contributed by atoms with Crippen LogP contribution in [0.1, 0.15) is 31.2 Å². The first-order chi connectivity index (χ1) is 8.75. The van der Waals surface area contributed by atoms with Crippen molar-refractivity contribution < 1.29 is 4.79 Å². The number of nitrogens with zero attached hydrogens (tertiary/aromatic N) is 1. The van der Waals surface area contributed by atoms with Crippen molar-refractivity contribution in [1.82, 2.24) is 10.2 Å². The molecule has 1 atom stereocenters. The first-order valence-electron chi connectivity index (χ1n) is 6.77. The van der Waals surface area contributed by atoms with Crippen molar-refractivity contribution in [1.29, 1.82) is 0 Å². The van der Waals surface area contributed by atoms with E-state index in [4.69, 9.17) is 0 Å². The lowest BCUT2D eigenvalue weighted by atomic mass is 9.91. The van der Waals surface area contributed by atoms with E-state index in [1.165, 1.54) is 18.4 Å². The molecule has 0 aliphatic carbocycles. The molecule has 2 rings (SSSR count). The lowest BCUT2D eigenvalue weighted by molar-refractivity contribution is -0.119. The molecule has 1 fully saturated rings. The molecule has 1 heterocycles. The molecule has 0 aromatic heterocycles. The zero-order chi connectivity index (χ0) is 12.8. The fourth-order valence-electron chi connectivity index (χ4n) is 2.65. The summed E-state index contributed by atoms with van der Waals surface area (Å²) in [7, 11) is 0. The molecule has 98 valence electrons. The molecule has 1 unspecified atom stereocenters. The average molecular weight is 246 g/mol. The first kappa shape index (κ1) is 13.1. The van der Waals surface area contributed by atoms with E-state index in [1.807, 2.05) is 0 Å². The van der Waals surface area contributed by atoms with Gasteiger partial charge >= 0.3 is 0 Å². The van der Waals surface area contributed by atoms with Crippen molar-refractivity contribution in [2.45, 2.75) is 25.7 Å². The van der Waals surface area contributed by atoms with Crippen LogP contribution in [0.25, 0.3) is 0 Å². The van der Waals surface area contributed by atoms with Gasteiger partial charge in [-0.3, -0.25) is 4.79 Å². The number of likely N-dealkylation sites (tertiary alicyclic amines) is 1. The van der Waals surface area contributed by atoms with Crippen molar-refractivity contribution >= 4 is 5.91 Å². The van der Waals surface area contributed by atoms with Crippen LogP contribution in [-0.2, 0) is 4.79 Å². The summed E-state index contributed by atoms with van der Waals surface area (Å²) in [5, 5.41) is 2.87. The minimum absolute atomic E-state index is 0.0617. The highest BCUT2D eigenvalue weighted by molar-refractivity contribution is 5.72. The maximum atomic E-state index is 10.8. The van der Waals surface area contributed by atoms with Gasteiger partial charge in [0.05, 0.1) is 0 Å². The van der Waals surface area contributed by atoms with Crippen LogP contribution in [-0.4, -0.2) is 37.0 Å². The number of benzene rings is 1. The Labute approximate surface area is 109 Å². The van der Waals surface area contributed by atoms with Crippen LogP contribution in [0, 0.1) is 0 Å². The Bertz CT molecular complexity index is 377. The van der Waals surface area contributed by atoms with E-state index in [0.29, 0.717) is 5.92 Å². The largest absolute Gasteiger partial charge is 0.355 e. The van der Waals surface area contributed by atoms with Gasteiger partial charge in [-0.15, -0.1) is 0 Å². The molecule has 0 spiro atoms. The van der Waals surface area contributed by atoms with Gasteiger partial charge in [-0.05, 0) is 30.9 Å². The van der Waals surface area contributed by atoms with Crippen molar-refractivity contribution in [3.63, 3.8) is 0 Å². The third-order valence-electron chi connectivity index (χ3n) is 3.58. The first-order valence-corrected chi connectivity index (χ1v) is 6.77. The molecule has 1 N–H and O–H groups in total. The Morgan fingerprint density at radius 1 is 1.39 bits per heavy atom. The van der Waals surface area contributed by atoms with Crippen LogP contribution < -0.4 is 5.32 Å². The fourth-order valence-corrected chi connectivity index (χ4v) is 2.65. The molecule has 1 aromatic rings. The zero-order valence-electron chi connectivity index (χ0n) is 11.1. The van der Waals surface area contributed by atoms with Crippen molar-refractivity contribution in [2.24, 2.45) is 0 Å². The third-order valence-corrected chi connectivity index (χ3v) is 3.58. The number of carbonyl (C=O) groups is 1. The Balaban J connectivity index is 1.83. The molecular weight excluding hydrogens is 224 g/mol. The quantitative estimate of drug-likeness (QED) is 0.881. The molecular formula is C15H22N2O. The summed E-state index contributed by atoms with van der Waals surface area (Å²) in [5.41, 5.74) is 1.45. The van der Waals surface area contributed by atoms with Gasteiger partial charge in [0.2, 0.25) is 5.91 Å². The highest BCUT2D eigenvalue weighted by Gasteiger charge is 2.20. The lowest BCUT2D eigenvalue weighted by Gasteiger charge is -2.33. The molecule has 0 radical (unpaired) electrons. The maximum Gasteiger partial charge on any atom is 0.216 e. The molecule has 0 saturated carbocycles. The van der Waals surface area contributed by atoms with E-state index in [2.05, 4.69) is 40.5 Å². The van der Waals surface area contributed by atoms with Gasteiger partial charge in [0.15, 0.2) is 0 Å². The zero-order valence-corrected chi connectivity index (χ0v) is 11.1. The fraction of sp³-hybridized carbons (Fsp3) is 0.533. The van der Waals surface area contributed by atoms with Gasteiger partial charge in [-0.2, -0.15) is 0 Å². The Morgan fingerprint density at radius 3 is 2.89 bits per heavy atom. The topological polar surface area (TPSA) is 32.3 Å².